The second-order valence-electron chi connectivity index (χ2n) is 4.97. The van der Waals surface area contributed by atoms with Crippen LogP contribution in [0.4, 0.5) is 5.69 Å². The zero-order valence-electron chi connectivity index (χ0n) is 11.4. The average molecular weight is 285 g/mol. The minimum atomic E-state index is -0.224. The lowest BCUT2D eigenvalue weighted by Crippen LogP contribution is -2.35. The quantitative estimate of drug-likeness (QED) is 0.886. The van der Waals surface area contributed by atoms with E-state index in [9.17, 15) is 4.79 Å². The Bertz CT molecular complexity index is 480. The molecule has 1 heterocycles. The lowest BCUT2D eigenvalue weighted by Gasteiger charge is -2.29. The molecule has 0 spiro atoms. The zero-order chi connectivity index (χ0) is 13.8. The van der Waals surface area contributed by atoms with E-state index >= 15 is 0 Å². The molecule has 0 aromatic carbocycles. The van der Waals surface area contributed by atoms with Crippen LogP contribution in [0.2, 0.25) is 5.02 Å². The molecule has 0 unspecified atom stereocenters. The molecule has 0 amide bonds. The van der Waals surface area contributed by atoms with Gasteiger partial charge in [-0.05, 0) is 39.7 Å². The number of hydrogen-bond donors (Lipinski definition) is 2. The first-order chi connectivity index (χ1) is 9.15. The van der Waals surface area contributed by atoms with Gasteiger partial charge in [-0.1, -0.05) is 11.6 Å². The lowest BCUT2D eigenvalue weighted by molar-refractivity contribution is 0.371. The molecule has 1 aliphatic rings. The monoisotopic (exact) mass is 284 g/mol. The van der Waals surface area contributed by atoms with Crippen molar-refractivity contribution in [2.24, 2.45) is 0 Å². The highest BCUT2D eigenvalue weighted by molar-refractivity contribution is 6.32. The Morgan fingerprint density at radius 2 is 2.00 bits per heavy atom. The molecule has 5 nitrogen and oxygen atoms in total. The highest BCUT2D eigenvalue weighted by Crippen LogP contribution is 2.24. The van der Waals surface area contributed by atoms with E-state index in [0.717, 1.165) is 25.7 Å². The van der Waals surface area contributed by atoms with Crippen LogP contribution in [0.15, 0.2) is 11.0 Å². The Morgan fingerprint density at radius 1 is 1.37 bits per heavy atom. The van der Waals surface area contributed by atoms with Gasteiger partial charge in [-0.2, -0.15) is 5.10 Å². The van der Waals surface area contributed by atoms with Gasteiger partial charge in [0.15, 0.2) is 0 Å². The van der Waals surface area contributed by atoms with Crippen LogP contribution in [0.5, 0.6) is 0 Å². The maximum absolute atomic E-state index is 11.9. The predicted octanol–water partition coefficient (Wildman–Crippen LogP) is 1.86. The van der Waals surface area contributed by atoms with Gasteiger partial charge in [0.2, 0.25) is 0 Å². The first kappa shape index (κ1) is 14.3. The topological polar surface area (TPSA) is 59.0 Å². The molecular weight excluding hydrogens is 264 g/mol. The van der Waals surface area contributed by atoms with Crippen LogP contribution in [0.3, 0.4) is 0 Å². The van der Waals surface area contributed by atoms with E-state index in [0.29, 0.717) is 24.3 Å². The number of aromatic nitrogens is 2. The zero-order valence-corrected chi connectivity index (χ0v) is 12.2. The molecule has 1 saturated carbocycles. The molecule has 0 aliphatic heterocycles. The largest absolute Gasteiger partial charge is 0.380 e. The van der Waals surface area contributed by atoms with Gasteiger partial charge in [-0.3, -0.25) is 4.79 Å². The Balaban J connectivity index is 2.04. The van der Waals surface area contributed by atoms with Gasteiger partial charge in [-0.25, -0.2) is 4.68 Å². The number of anilines is 1. The van der Waals surface area contributed by atoms with Crippen molar-refractivity contribution in [2.45, 2.75) is 51.2 Å². The summed E-state index contributed by atoms with van der Waals surface area (Å²) >= 11 is 6.10. The van der Waals surface area contributed by atoms with Crippen molar-refractivity contribution >= 4 is 17.3 Å². The third-order valence-corrected chi connectivity index (χ3v) is 4.14. The molecule has 0 saturated heterocycles. The van der Waals surface area contributed by atoms with Crippen molar-refractivity contribution < 1.29 is 0 Å². The standard InChI is InChI=1S/C13H21ClN4O/c1-3-18-13(19)12(14)11(8-16-18)17-10-6-4-9(15-2)5-7-10/h8-10,15,17H,3-7H2,1-2H3. The molecule has 1 aromatic heterocycles. The second-order valence-corrected chi connectivity index (χ2v) is 5.35. The first-order valence-electron chi connectivity index (χ1n) is 6.85. The van der Waals surface area contributed by atoms with Crippen molar-refractivity contribution in [3.63, 3.8) is 0 Å². The van der Waals surface area contributed by atoms with Crippen LogP contribution in [-0.2, 0) is 6.54 Å². The third-order valence-electron chi connectivity index (χ3n) is 3.78. The van der Waals surface area contributed by atoms with Crippen LogP contribution < -0.4 is 16.2 Å². The van der Waals surface area contributed by atoms with Crippen LogP contribution in [0.1, 0.15) is 32.6 Å². The number of aryl methyl sites for hydroxylation is 1. The Labute approximate surface area is 118 Å². The molecule has 106 valence electrons. The van der Waals surface area contributed by atoms with Gasteiger partial charge in [0.1, 0.15) is 5.02 Å². The summed E-state index contributed by atoms with van der Waals surface area (Å²) in [6, 6.07) is 0.987. The van der Waals surface area contributed by atoms with Crippen molar-refractivity contribution in [2.75, 3.05) is 12.4 Å². The molecular formula is C13H21ClN4O. The number of halogens is 1. The number of hydrogen-bond acceptors (Lipinski definition) is 4. The summed E-state index contributed by atoms with van der Waals surface area (Å²) in [5.74, 6) is 0. The fourth-order valence-electron chi connectivity index (χ4n) is 2.54. The minimum Gasteiger partial charge on any atom is -0.380 e. The van der Waals surface area contributed by atoms with E-state index in [1.54, 1.807) is 6.20 Å². The summed E-state index contributed by atoms with van der Waals surface area (Å²) < 4.78 is 1.37. The van der Waals surface area contributed by atoms with Crippen LogP contribution in [0.25, 0.3) is 0 Å². The van der Waals surface area contributed by atoms with Crippen molar-refractivity contribution in [3.05, 3.63) is 21.6 Å². The van der Waals surface area contributed by atoms with E-state index in [4.69, 9.17) is 11.6 Å². The Morgan fingerprint density at radius 3 is 2.58 bits per heavy atom. The number of nitrogens with one attached hydrogen (secondary N) is 2. The summed E-state index contributed by atoms with van der Waals surface area (Å²) in [6.07, 6.45) is 6.10. The maximum Gasteiger partial charge on any atom is 0.287 e. The van der Waals surface area contributed by atoms with E-state index in [1.807, 2.05) is 14.0 Å². The fraction of sp³-hybridized carbons (Fsp3) is 0.692. The number of rotatable bonds is 4. The van der Waals surface area contributed by atoms with Crippen LogP contribution in [-0.4, -0.2) is 28.9 Å². The van der Waals surface area contributed by atoms with Crippen LogP contribution in [0, 0.1) is 0 Å². The summed E-state index contributed by atoms with van der Waals surface area (Å²) in [5.41, 5.74) is 0.433. The molecule has 1 aliphatic carbocycles. The molecule has 0 radical (unpaired) electrons. The summed E-state index contributed by atoms with van der Waals surface area (Å²) in [6.45, 7) is 2.41. The third kappa shape index (κ3) is 3.28. The minimum absolute atomic E-state index is 0.224. The normalized spacial score (nSPS) is 23.3. The molecule has 0 atom stereocenters. The number of nitrogens with zero attached hydrogens (tertiary/aromatic N) is 2. The average Bonchev–Trinajstić information content (AvgIpc) is 2.45. The summed E-state index contributed by atoms with van der Waals surface area (Å²) in [7, 11) is 2.00. The van der Waals surface area contributed by atoms with Crippen molar-refractivity contribution in [1.82, 2.24) is 15.1 Å². The van der Waals surface area contributed by atoms with Crippen molar-refractivity contribution in [1.29, 1.82) is 0 Å². The van der Waals surface area contributed by atoms with Gasteiger partial charge < -0.3 is 10.6 Å². The van der Waals surface area contributed by atoms with Crippen molar-refractivity contribution in [3.8, 4) is 0 Å². The Hall–Kier alpha value is -1.07. The molecule has 1 aromatic rings. The molecule has 2 rings (SSSR count). The smallest absolute Gasteiger partial charge is 0.287 e. The highest BCUT2D eigenvalue weighted by Gasteiger charge is 2.21. The first-order valence-corrected chi connectivity index (χ1v) is 7.23. The van der Waals surface area contributed by atoms with Gasteiger partial charge in [0, 0.05) is 18.6 Å². The second kappa shape index (κ2) is 6.39. The molecule has 1 fully saturated rings. The molecule has 19 heavy (non-hydrogen) atoms. The Kier molecular flexibility index (Phi) is 4.82. The van der Waals surface area contributed by atoms with Gasteiger partial charge in [-0.15, -0.1) is 0 Å². The van der Waals surface area contributed by atoms with Gasteiger partial charge >= 0.3 is 0 Å². The highest BCUT2D eigenvalue weighted by atomic mass is 35.5. The lowest BCUT2D eigenvalue weighted by atomic mass is 9.91. The molecule has 2 N–H and O–H groups in total. The SMILES string of the molecule is CCn1ncc(NC2CCC(NC)CC2)c(Cl)c1=O. The van der Waals surface area contributed by atoms with Gasteiger partial charge in [0.05, 0.1) is 11.9 Å². The maximum atomic E-state index is 11.9. The van der Waals surface area contributed by atoms with E-state index in [-0.39, 0.29) is 10.6 Å². The van der Waals surface area contributed by atoms with Gasteiger partial charge in [0.25, 0.3) is 5.56 Å². The van der Waals surface area contributed by atoms with E-state index in [1.165, 1.54) is 4.68 Å². The summed E-state index contributed by atoms with van der Waals surface area (Å²) in [5, 5.41) is 11.0. The summed E-state index contributed by atoms with van der Waals surface area (Å²) in [4.78, 5) is 11.9. The van der Waals surface area contributed by atoms with E-state index in [2.05, 4.69) is 15.7 Å². The van der Waals surface area contributed by atoms with E-state index < -0.39 is 0 Å². The van der Waals surface area contributed by atoms with Crippen LogP contribution >= 0.6 is 11.6 Å². The molecule has 0 bridgehead atoms. The molecule has 6 heteroatoms. The predicted molar refractivity (Wildman–Crippen MR) is 77.9 cm³/mol. The fourth-order valence-corrected chi connectivity index (χ4v) is 2.74.